The van der Waals surface area contributed by atoms with Gasteiger partial charge in [0.15, 0.2) is 0 Å². The summed E-state index contributed by atoms with van der Waals surface area (Å²) in [5.74, 6) is 0. The Bertz CT molecular complexity index is 101. The van der Waals surface area contributed by atoms with Crippen LogP contribution >= 0.6 is 0 Å². The Morgan fingerprint density at radius 2 is 1.20 bits per heavy atom. The van der Waals surface area contributed by atoms with E-state index in [4.69, 9.17) is 25.8 Å². The summed E-state index contributed by atoms with van der Waals surface area (Å²) >= 11 is 0. The molecule has 5 nitrogen and oxygen atoms in total. The summed E-state index contributed by atoms with van der Waals surface area (Å²) in [6.07, 6.45) is 2.20. The van der Waals surface area contributed by atoms with Gasteiger partial charge in [-0.15, -0.1) is 0 Å². The van der Waals surface area contributed by atoms with Gasteiger partial charge in [0.05, 0.1) is 0 Å². The number of carbonyl (C=O) groups excluding carboxylic acids is 4. The minimum Gasteiger partial charge on any atom is -0.317 e. The summed E-state index contributed by atoms with van der Waals surface area (Å²) in [6, 6.07) is 0. The summed E-state index contributed by atoms with van der Waals surface area (Å²) in [7, 11) is 0. The second-order valence-corrected chi connectivity index (χ2v) is 1.24. The van der Waals surface area contributed by atoms with Crippen molar-refractivity contribution < 1.29 is 36.2 Å². The Morgan fingerprint density at radius 1 is 0.933 bits per heavy atom. The SMILES string of the molecule is C=O.C=O.C=O.C=O.[C-]#[N+]CCCC.[Fe]. The van der Waals surface area contributed by atoms with Crippen LogP contribution in [0.5, 0.6) is 0 Å². The average Bonchev–Trinajstić information content (AvgIpc) is 2.36. The van der Waals surface area contributed by atoms with E-state index in [0.29, 0.717) is 6.54 Å². The van der Waals surface area contributed by atoms with Gasteiger partial charge in [-0.25, -0.2) is 6.57 Å². The van der Waals surface area contributed by atoms with Crippen LogP contribution in [0.25, 0.3) is 4.85 Å². The number of nitrogens with zero attached hydrogens (tertiary/aromatic N) is 1. The van der Waals surface area contributed by atoms with Gasteiger partial charge < -0.3 is 24.0 Å². The third-order valence-corrected chi connectivity index (χ3v) is 0.623. The molecule has 0 amide bonds. The fourth-order valence-electron chi connectivity index (χ4n) is 0.237. The molecule has 0 saturated carbocycles. The van der Waals surface area contributed by atoms with Crippen molar-refractivity contribution in [3.63, 3.8) is 0 Å². The molecule has 90 valence electrons. The molecule has 0 heterocycles. The number of hydrogen-bond acceptors (Lipinski definition) is 4. The van der Waals surface area contributed by atoms with Crippen molar-refractivity contribution in [2.75, 3.05) is 6.54 Å². The first-order chi connectivity index (χ1) is 6.91. The van der Waals surface area contributed by atoms with Crippen LogP contribution in [0.1, 0.15) is 19.8 Å². The second kappa shape index (κ2) is 240. The molecule has 0 aromatic heterocycles. The molecule has 0 bridgehead atoms. The molecular formula is C9H17FeNO4. The van der Waals surface area contributed by atoms with Crippen LogP contribution < -0.4 is 0 Å². The first-order valence-corrected chi connectivity index (χ1v) is 3.40. The van der Waals surface area contributed by atoms with Crippen molar-refractivity contribution in [3.05, 3.63) is 11.4 Å². The van der Waals surface area contributed by atoms with Gasteiger partial charge in [0.25, 0.3) is 0 Å². The molecule has 0 aliphatic carbocycles. The van der Waals surface area contributed by atoms with E-state index in [1.165, 1.54) is 0 Å². The summed E-state index contributed by atoms with van der Waals surface area (Å²) in [5, 5.41) is 0. The molecule has 0 atom stereocenters. The van der Waals surface area contributed by atoms with Crippen LogP contribution in [0.3, 0.4) is 0 Å². The van der Waals surface area contributed by atoms with Crippen molar-refractivity contribution >= 4 is 27.2 Å². The summed E-state index contributed by atoms with van der Waals surface area (Å²) in [5.41, 5.74) is 0. The van der Waals surface area contributed by atoms with Crippen LogP contribution in [-0.2, 0) is 36.2 Å². The van der Waals surface area contributed by atoms with Gasteiger partial charge in [-0.2, -0.15) is 0 Å². The van der Waals surface area contributed by atoms with Crippen LogP contribution in [0.15, 0.2) is 0 Å². The monoisotopic (exact) mass is 259 g/mol. The maximum absolute atomic E-state index is 8.00. The fourth-order valence-corrected chi connectivity index (χ4v) is 0.237. The minimum atomic E-state index is 0. The zero-order chi connectivity index (χ0) is 12.8. The quantitative estimate of drug-likeness (QED) is 0.420. The number of carbonyl (C=O) groups is 4. The van der Waals surface area contributed by atoms with E-state index in [1.807, 2.05) is 27.2 Å². The standard InChI is InChI=1S/C5H9N.4CH2O.Fe/c1-3-4-5-6-2;4*1-2;/h3-5H2,1H3;4*1H2;. The zero-order valence-electron chi connectivity index (χ0n) is 8.88. The molecule has 0 fully saturated rings. The van der Waals surface area contributed by atoms with E-state index < -0.39 is 0 Å². The van der Waals surface area contributed by atoms with E-state index in [0.717, 1.165) is 12.8 Å². The van der Waals surface area contributed by atoms with E-state index in [9.17, 15) is 0 Å². The van der Waals surface area contributed by atoms with Gasteiger partial charge in [-0.1, -0.05) is 6.92 Å². The molecule has 0 unspecified atom stereocenters. The van der Waals surface area contributed by atoms with E-state index >= 15 is 0 Å². The van der Waals surface area contributed by atoms with Crippen molar-refractivity contribution in [2.24, 2.45) is 0 Å². The molecular weight excluding hydrogens is 242 g/mol. The van der Waals surface area contributed by atoms with Crippen LogP contribution in [0, 0.1) is 6.57 Å². The summed E-state index contributed by atoms with van der Waals surface area (Å²) < 4.78 is 0. The van der Waals surface area contributed by atoms with Crippen molar-refractivity contribution in [2.45, 2.75) is 19.8 Å². The van der Waals surface area contributed by atoms with Crippen LogP contribution in [0.4, 0.5) is 0 Å². The molecule has 0 aliphatic heterocycles. The third-order valence-electron chi connectivity index (χ3n) is 0.623. The van der Waals surface area contributed by atoms with Crippen molar-refractivity contribution in [1.29, 1.82) is 0 Å². The zero-order valence-corrected chi connectivity index (χ0v) is 9.99. The molecule has 0 spiro atoms. The summed E-state index contributed by atoms with van der Waals surface area (Å²) in [4.78, 5) is 35.2. The molecule has 0 rings (SSSR count). The maximum atomic E-state index is 8.00. The van der Waals surface area contributed by atoms with E-state index in [2.05, 4.69) is 11.8 Å². The first kappa shape index (κ1) is 37.3. The van der Waals surface area contributed by atoms with Gasteiger partial charge in [-0.05, 0) is 6.42 Å². The third kappa shape index (κ3) is 508. The van der Waals surface area contributed by atoms with Crippen LogP contribution in [0.2, 0.25) is 0 Å². The van der Waals surface area contributed by atoms with E-state index in [1.54, 1.807) is 0 Å². The Morgan fingerprint density at radius 3 is 1.27 bits per heavy atom. The molecule has 0 aliphatic rings. The molecule has 6 heteroatoms. The minimum absolute atomic E-state index is 0. The largest absolute Gasteiger partial charge is 0.317 e. The average molecular weight is 259 g/mol. The molecule has 0 saturated heterocycles. The first-order valence-electron chi connectivity index (χ1n) is 3.40. The number of rotatable bonds is 2. The van der Waals surface area contributed by atoms with Crippen molar-refractivity contribution in [3.8, 4) is 0 Å². The van der Waals surface area contributed by atoms with Gasteiger partial charge in [0.2, 0.25) is 6.54 Å². The van der Waals surface area contributed by atoms with Crippen LogP contribution in [-0.4, -0.2) is 33.7 Å². The molecule has 0 radical (unpaired) electrons. The number of unbranched alkanes of at least 4 members (excludes halogenated alkanes) is 1. The van der Waals surface area contributed by atoms with Gasteiger partial charge in [0, 0.05) is 23.5 Å². The van der Waals surface area contributed by atoms with Gasteiger partial charge >= 0.3 is 0 Å². The predicted molar refractivity (Wildman–Crippen MR) is 54.9 cm³/mol. The van der Waals surface area contributed by atoms with Crippen molar-refractivity contribution in [1.82, 2.24) is 0 Å². The van der Waals surface area contributed by atoms with Gasteiger partial charge in [0.1, 0.15) is 27.2 Å². The Balaban J connectivity index is -0.0000000194. The Labute approximate surface area is 102 Å². The summed E-state index contributed by atoms with van der Waals surface area (Å²) in [6.45, 7) is 17.1. The van der Waals surface area contributed by atoms with E-state index in [-0.39, 0.29) is 17.1 Å². The fraction of sp³-hybridized carbons (Fsp3) is 0.444. The smallest absolute Gasteiger partial charge is 0.214 e. The normalized spacial score (nSPS) is 4.00. The molecule has 0 aromatic rings. The Hall–Kier alpha value is -1.31. The Kier molecular flexibility index (Phi) is 596. The molecule has 0 aromatic carbocycles. The number of hydrogen-bond donors (Lipinski definition) is 0. The molecule has 0 N–H and O–H groups in total. The molecule has 15 heavy (non-hydrogen) atoms. The topological polar surface area (TPSA) is 72.6 Å². The maximum Gasteiger partial charge on any atom is 0.214 e. The van der Waals surface area contributed by atoms with Gasteiger partial charge in [-0.3, -0.25) is 0 Å². The predicted octanol–water partition coefficient (Wildman–Crippen LogP) is 0.964. The second-order valence-electron chi connectivity index (χ2n) is 1.24.